The molecular weight excluding hydrogens is 532 g/mol. The van der Waals surface area contributed by atoms with Crippen LogP contribution in [-0.2, 0) is 35.4 Å². The molecule has 0 unspecified atom stereocenters. The average molecular weight is 567 g/mol. The van der Waals surface area contributed by atoms with Gasteiger partial charge in [-0.1, -0.05) is 17.3 Å². The number of hydrogen-bond donors (Lipinski definition) is 0. The molecule has 0 N–H and O–H groups in total. The number of nitrogens with zero attached hydrogens (tertiary/aromatic N) is 2. The fourth-order valence-electron chi connectivity index (χ4n) is 3.70. The highest BCUT2D eigenvalue weighted by atomic mass is 32.2. The van der Waals surface area contributed by atoms with E-state index < -0.39 is 10.0 Å². The highest BCUT2D eigenvalue weighted by molar-refractivity contribution is 7.95. The first-order valence-corrected chi connectivity index (χ1v) is 14.4. The van der Waals surface area contributed by atoms with Crippen LogP contribution in [0, 0.1) is 20.8 Å². The number of sulfonamides is 1. The second kappa shape index (κ2) is 13.2. The molecule has 0 bridgehead atoms. The number of aryl methyl sites for hydroxylation is 2. The number of aromatic nitrogens is 1. The van der Waals surface area contributed by atoms with Gasteiger partial charge >= 0.3 is 5.97 Å². The summed E-state index contributed by atoms with van der Waals surface area (Å²) in [6.45, 7) is 9.78. The van der Waals surface area contributed by atoms with Gasteiger partial charge < -0.3 is 23.5 Å². The summed E-state index contributed by atoms with van der Waals surface area (Å²) in [6, 6.07) is 7.10. The summed E-state index contributed by atoms with van der Waals surface area (Å²) in [7, 11) is -2.60. The van der Waals surface area contributed by atoms with Gasteiger partial charge in [0, 0.05) is 28.7 Å². The van der Waals surface area contributed by atoms with Crippen molar-refractivity contribution in [2.24, 2.45) is 0 Å². The molecular formula is C26H34N2O8S2. The van der Waals surface area contributed by atoms with Crippen LogP contribution in [0.2, 0.25) is 0 Å². The molecule has 38 heavy (non-hydrogen) atoms. The van der Waals surface area contributed by atoms with E-state index in [1.807, 2.05) is 19.9 Å². The molecule has 12 heteroatoms. The number of thiophene rings is 1. The summed E-state index contributed by atoms with van der Waals surface area (Å²) in [4.78, 5) is 12.8. The first-order valence-electron chi connectivity index (χ1n) is 12.2. The molecule has 3 aromatic rings. The minimum atomic E-state index is -4.14. The van der Waals surface area contributed by atoms with Crippen molar-refractivity contribution in [3.05, 3.63) is 46.0 Å². The topological polar surface area (TPSA) is 117 Å². The molecule has 0 saturated heterocycles. The molecule has 0 aliphatic carbocycles. The SMILES string of the molecule is CCOC(=O)Cc1ccc(-c2cc(C)sc2S(=O)(=O)N(COCCOC)c2noc(C)c2C)c(OCC)c1. The Kier molecular flexibility index (Phi) is 10.3. The van der Waals surface area contributed by atoms with E-state index in [9.17, 15) is 13.2 Å². The molecule has 208 valence electrons. The monoisotopic (exact) mass is 566 g/mol. The van der Waals surface area contributed by atoms with E-state index >= 15 is 0 Å². The normalized spacial score (nSPS) is 11.5. The van der Waals surface area contributed by atoms with Crippen LogP contribution in [0.1, 0.15) is 35.6 Å². The molecule has 2 aromatic heterocycles. The largest absolute Gasteiger partial charge is 0.493 e. The number of ether oxygens (including phenoxy) is 4. The lowest BCUT2D eigenvalue weighted by Crippen LogP contribution is -2.34. The predicted octanol–water partition coefficient (Wildman–Crippen LogP) is 4.65. The van der Waals surface area contributed by atoms with Crippen LogP contribution in [0.25, 0.3) is 11.1 Å². The van der Waals surface area contributed by atoms with Crippen molar-refractivity contribution < 1.29 is 36.7 Å². The smallest absolute Gasteiger partial charge is 0.310 e. The summed E-state index contributed by atoms with van der Waals surface area (Å²) >= 11 is 1.15. The molecule has 0 atom stereocenters. The lowest BCUT2D eigenvalue weighted by molar-refractivity contribution is -0.142. The van der Waals surface area contributed by atoms with Crippen molar-refractivity contribution in [2.75, 3.05) is 44.6 Å². The highest BCUT2D eigenvalue weighted by Crippen LogP contribution is 2.42. The summed E-state index contributed by atoms with van der Waals surface area (Å²) in [6.07, 6.45) is 0.0827. The zero-order valence-corrected chi connectivity index (χ0v) is 24.2. The molecule has 0 amide bonds. The fraction of sp³-hybridized carbons (Fsp3) is 0.462. The number of anilines is 1. The molecule has 0 saturated carbocycles. The van der Waals surface area contributed by atoms with Gasteiger partial charge in [0.05, 0.1) is 32.8 Å². The van der Waals surface area contributed by atoms with Gasteiger partial charge in [0.25, 0.3) is 10.0 Å². The average Bonchev–Trinajstić information content (AvgIpc) is 3.42. The first-order chi connectivity index (χ1) is 18.1. The number of carbonyl (C=O) groups is 1. The number of rotatable bonds is 14. The van der Waals surface area contributed by atoms with Crippen LogP contribution in [-0.4, -0.2) is 59.8 Å². The van der Waals surface area contributed by atoms with Gasteiger partial charge in [-0.3, -0.25) is 4.79 Å². The van der Waals surface area contributed by atoms with Gasteiger partial charge in [0.15, 0.2) is 5.82 Å². The lowest BCUT2D eigenvalue weighted by atomic mass is 10.0. The molecule has 2 heterocycles. The number of methoxy groups -OCH3 is 1. The predicted molar refractivity (Wildman–Crippen MR) is 144 cm³/mol. The van der Waals surface area contributed by atoms with Crippen LogP contribution in [0.5, 0.6) is 5.75 Å². The Bertz CT molecular complexity index is 1350. The molecule has 0 spiro atoms. The van der Waals surface area contributed by atoms with Crippen molar-refractivity contribution in [1.29, 1.82) is 0 Å². The Balaban J connectivity index is 2.09. The standard InChI is InChI=1S/C26H34N2O8S2/c1-7-34-23-14-20(15-24(29)35-8-2)9-10-21(23)22-13-17(3)37-26(22)38(30,31)28(16-33-12-11-32-6)25-18(4)19(5)36-27-25/h9-10,13-14H,7-8,11-12,15-16H2,1-6H3. The Morgan fingerprint density at radius 1 is 1.08 bits per heavy atom. The van der Waals surface area contributed by atoms with Gasteiger partial charge in [0.1, 0.15) is 22.4 Å². The maximum absolute atomic E-state index is 14.2. The van der Waals surface area contributed by atoms with Crippen molar-refractivity contribution >= 4 is 33.1 Å². The minimum Gasteiger partial charge on any atom is -0.493 e. The van der Waals surface area contributed by atoms with E-state index in [1.165, 1.54) is 7.11 Å². The van der Waals surface area contributed by atoms with E-state index in [2.05, 4.69) is 5.16 Å². The summed E-state index contributed by atoms with van der Waals surface area (Å²) in [5, 5.41) is 4.01. The molecule has 3 rings (SSSR count). The van der Waals surface area contributed by atoms with Crippen LogP contribution >= 0.6 is 11.3 Å². The Hall–Kier alpha value is -2.93. The maximum atomic E-state index is 14.2. The highest BCUT2D eigenvalue weighted by Gasteiger charge is 2.34. The van der Waals surface area contributed by atoms with E-state index in [4.69, 9.17) is 23.5 Å². The lowest BCUT2D eigenvalue weighted by Gasteiger charge is -2.22. The molecule has 1 aromatic carbocycles. The second-order valence-corrected chi connectivity index (χ2v) is 11.7. The fourth-order valence-corrected chi connectivity index (χ4v) is 6.79. The number of hydrogen-bond acceptors (Lipinski definition) is 10. The second-order valence-electron chi connectivity index (χ2n) is 8.37. The van der Waals surface area contributed by atoms with E-state index in [1.54, 1.807) is 39.0 Å². The zero-order chi connectivity index (χ0) is 27.9. The quantitative estimate of drug-likeness (QED) is 0.156. The Morgan fingerprint density at radius 2 is 1.84 bits per heavy atom. The van der Waals surface area contributed by atoms with Crippen LogP contribution < -0.4 is 9.04 Å². The van der Waals surface area contributed by atoms with Crippen molar-refractivity contribution in [2.45, 2.75) is 45.2 Å². The Labute approximate surface area is 227 Å². The van der Waals surface area contributed by atoms with Crippen LogP contribution in [0.4, 0.5) is 5.82 Å². The van der Waals surface area contributed by atoms with E-state index in [0.717, 1.165) is 20.5 Å². The van der Waals surface area contributed by atoms with Crippen molar-refractivity contribution in [3.63, 3.8) is 0 Å². The summed E-state index contributed by atoms with van der Waals surface area (Å²) in [5.74, 6) is 0.793. The minimum absolute atomic E-state index is 0.0827. The third-order valence-corrected chi connectivity index (χ3v) is 8.92. The van der Waals surface area contributed by atoms with Crippen LogP contribution in [0.3, 0.4) is 0 Å². The van der Waals surface area contributed by atoms with Crippen molar-refractivity contribution in [1.82, 2.24) is 5.16 Å². The molecule has 0 radical (unpaired) electrons. The van der Waals surface area contributed by atoms with E-state index in [-0.39, 0.29) is 35.8 Å². The van der Waals surface area contributed by atoms with Gasteiger partial charge in [-0.25, -0.2) is 12.7 Å². The van der Waals surface area contributed by atoms with Gasteiger partial charge in [0.2, 0.25) is 0 Å². The zero-order valence-electron chi connectivity index (χ0n) is 22.5. The Morgan fingerprint density at radius 3 is 2.47 bits per heavy atom. The van der Waals surface area contributed by atoms with Crippen LogP contribution in [0.15, 0.2) is 33.0 Å². The molecule has 0 aliphatic heterocycles. The number of benzene rings is 1. The van der Waals surface area contributed by atoms with Crippen molar-refractivity contribution in [3.8, 4) is 16.9 Å². The van der Waals surface area contributed by atoms with Gasteiger partial charge in [-0.15, -0.1) is 11.3 Å². The molecule has 0 fully saturated rings. The summed E-state index contributed by atoms with van der Waals surface area (Å²) in [5.41, 5.74) is 2.38. The van der Waals surface area contributed by atoms with Gasteiger partial charge in [-0.05, 0) is 52.3 Å². The van der Waals surface area contributed by atoms with E-state index in [0.29, 0.717) is 53.6 Å². The molecule has 10 nitrogen and oxygen atoms in total. The summed E-state index contributed by atoms with van der Waals surface area (Å²) < 4.78 is 56.4. The number of esters is 1. The maximum Gasteiger partial charge on any atom is 0.310 e. The molecule has 0 aliphatic rings. The van der Waals surface area contributed by atoms with Gasteiger partial charge in [-0.2, -0.15) is 0 Å². The number of carbonyl (C=O) groups excluding carboxylic acids is 1. The first kappa shape index (κ1) is 29.6. The third kappa shape index (κ3) is 6.73. The third-order valence-electron chi connectivity index (χ3n) is 5.64.